The Balaban J connectivity index is 1.44. The Morgan fingerprint density at radius 2 is 1.64 bits per heavy atom. The smallest absolute Gasteiger partial charge is 0.406 e. The van der Waals surface area contributed by atoms with Gasteiger partial charge in [0.25, 0.3) is 0 Å². The molecule has 1 aromatic rings. The third-order valence-electron chi connectivity index (χ3n) is 6.95. The maximum absolute atomic E-state index is 12.4. The maximum atomic E-state index is 12.4. The van der Waals surface area contributed by atoms with Crippen molar-refractivity contribution < 1.29 is 17.9 Å². The van der Waals surface area contributed by atoms with E-state index in [0.29, 0.717) is 5.92 Å². The minimum absolute atomic E-state index is 0.0795. The molecule has 0 amide bonds. The van der Waals surface area contributed by atoms with Crippen LogP contribution in [0.1, 0.15) is 88.7 Å². The molecule has 0 aliphatic heterocycles. The molecule has 1 atom stereocenters. The fraction of sp³-hybridized carbons (Fsp3) is 0.750. The number of hydrogen-bond acceptors (Lipinski definition) is 1. The maximum Gasteiger partial charge on any atom is 0.573 e. The summed E-state index contributed by atoms with van der Waals surface area (Å²) in [5.41, 5.74) is 2.27. The Hall–Kier alpha value is -1.19. The Morgan fingerprint density at radius 3 is 2.36 bits per heavy atom. The summed E-state index contributed by atoms with van der Waals surface area (Å²) in [6, 6.07) is 4.92. The van der Waals surface area contributed by atoms with E-state index in [0.717, 1.165) is 36.7 Å². The number of fused-ring (bicyclic) bond motifs is 1. The van der Waals surface area contributed by atoms with Crippen LogP contribution in [0.5, 0.6) is 5.75 Å². The molecule has 0 heterocycles. The van der Waals surface area contributed by atoms with E-state index >= 15 is 0 Å². The number of ether oxygens (including phenoxy) is 1. The molecule has 1 aromatic carbocycles. The summed E-state index contributed by atoms with van der Waals surface area (Å²) < 4.78 is 41.3. The van der Waals surface area contributed by atoms with E-state index in [1.807, 2.05) is 6.07 Å². The Morgan fingerprint density at radius 1 is 0.893 bits per heavy atom. The average Bonchev–Trinajstić information content (AvgIpc) is 2.67. The molecule has 2 aliphatic carbocycles. The van der Waals surface area contributed by atoms with Crippen LogP contribution in [0.4, 0.5) is 13.2 Å². The Kier molecular flexibility index (Phi) is 7.70. The second-order valence-corrected chi connectivity index (χ2v) is 8.96. The van der Waals surface area contributed by atoms with E-state index in [1.54, 1.807) is 6.07 Å². The highest BCUT2D eigenvalue weighted by Crippen LogP contribution is 2.41. The zero-order valence-corrected chi connectivity index (χ0v) is 17.2. The first kappa shape index (κ1) is 21.5. The number of rotatable bonds is 8. The molecule has 1 fully saturated rings. The molecule has 0 N–H and O–H groups in total. The van der Waals surface area contributed by atoms with E-state index in [9.17, 15) is 13.2 Å². The topological polar surface area (TPSA) is 9.23 Å². The fourth-order valence-corrected chi connectivity index (χ4v) is 5.34. The molecule has 3 rings (SSSR count). The van der Waals surface area contributed by atoms with Gasteiger partial charge in [-0.3, -0.25) is 0 Å². The van der Waals surface area contributed by atoms with Gasteiger partial charge in [-0.15, -0.1) is 13.2 Å². The van der Waals surface area contributed by atoms with Crippen LogP contribution in [0.15, 0.2) is 18.2 Å². The van der Waals surface area contributed by atoms with E-state index in [2.05, 4.69) is 11.7 Å². The Labute approximate surface area is 168 Å². The van der Waals surface area contributed by atoms with Gasteiger partial charge in [0.05, 0.1) is 0 Å². The summed E-state index contributed by atoms with van der Waals surface area (Å²) in [6.45, 7) is 2.26. The molecule has 0 radical (unpaired) electrons. The highest BCUT2D eigenvalue weighted by molar-refractivity contribution is 5.37. The molecule has 158 valence electrons. The van der Waals surface area contributed by atoms with Crippen molar-refractivity contribution in [3.8, 4) is 5.75 Å². The number of halogens is 3. The van der Waals surface area contributed by atoms with Crippen LogP contribution in [0.2, 0.25) is 0 Å². The second-order valence-electron chi connectivity index (χ2n) is 8.96. The number of unbranched alkanes of at least 4 members (excludes halogenated alkanes) is 4. The minimum atomic E-state index is -4.61. The fourth-order valence-electron chi connectivity index (χ4n) is 5.34. The van der Waals surface area contributed by atoms with Gasteiger partial charge in [0.1, 0.15) is 5.75 Å². The van der Waals surface area contributed by atoms with Gasteiger partial charge in [-0.1, -0.05) is 64.4 Å². The van der Waals surface area contributed by atoms with E-state index < -0.39 is 6.36 Å². The van der Waals surface area contributed by atoms with Crippen LogP contribution in [0.25, 0.3) is 0 Å². The molecule has 2 aliphatic rings. The third kappa shape index (κ3) is 6.42. The average molecular weight is 397 g/mol. The molecule has 1 saturated carbocycles. The largest absolute Gasteiger partial charge is 0.573 e. The third-order valence-corrected chi connectivity index (χ3v) is 6.95. The summed E-state index contributed by atoms with van der Waals surface area (Å²) in [5, 5.41) is 0. The molecule has 0 saturated heterocycles. The van der Waals surface area contributed by atoms with Crippen molar-refractivity contribution in [2.24, 2.45) is 17.8 Å². The van der Waals surface area contributed by atoms with E-state index in [-0.39, 0.29) is 5.75 Å². The zero-order valence-electron chi connectivity index (χ0n) is 17.2. The van der Waals surface area contributed by atoms with Crippen LogP contribution in [0.3, 0.4) is 0 Å². The molecule has 0 aromatic heterocycles. The van der Waals surface area contributed by atoms with Gasteiger partial charge in [0, 0.05) is 0 Å². The summed E-state index contributed by atoms with van der Waals surface area (Å²) in [5.74, 6) is 2.35. The quantitative estimate of drug-likeness (QED) is 0.406. The summed E-state index contributed by atoms with van der Waals surface area (Å²) in [7, 11) is 0. The molecular formula is C24H35F3O. The number of benzene rings is 1. The van der Waals surface area contributed by atoms with Gasteiger partial charge >= 0.3 is 6.36 Å². The first-order valence-corrected chi connectivity index (χ1v) is 11.3. The van der Waals surface area contributed by atoms with Gasteiger partial charge in [-0.2, -0.15) is 0 Å². The predicted octanol–water partition coefficient (Wildman–Crippen LogP) is 7.86. The van der Waals surface area contributed by atoms with Crippen LogP contribution in [-0.4, -0.2) is 6.36 Å². The molecule has 28 heavy (non-hydrogen) atoms. The SMILES string of the molecule is CCCCCCCC1CCC(C2CCc3cc(OC(F)(F)F)ccc3C2)CC1. The molecular weight excluding hydrogens is 361 g/mol. The highest BCUT2D eigenvalue weighted by Gasteiger charge is 2.33. The van der Waals surface area contributed by atoms with Gasteiger partial charge in [-0.25, -0.2) is 0 Å². The lowest BCUT2D eigenvalue weighted by molar-refractivity contribution is -0.274. The lowest BCUT2D eigenvalue weighted by Gasteiger charge is -2.36. The van der Waals surface area contributed by atoms with Crippen molar-refractivity contribution in [1.29, 1.82) is 0 Å². The van der Waals surface area contributed by atoms with Gasteiger partial charge in [-0.05, 0) is 73.1 Å². The van der Waals surface area contributed by atoms with Crippen molar-refractivity contribution in [2.75, 3.05) is 0 Å². The molecule has 4 heteroatoms. The van der Waals surface area contributed by atoms with E-state index in [1.165, 1.54) is 75.8 Å². The Bertz CT molecular complexity index is 602. The van der Waals surface area contributed by atoms with Crippen molar-refractivity contribution in [2.45, 2.75) is 96.8 Å². The van der Waals surface area contributed by atoms with Crippen molar-refractivity contribution >= 4 is 0 Å². The predicted molar refractivity (Wildman–Crippen MR) is 107 cm³/mol. The van der Waals surface area contributed by atoms with Crippen LogP contribution >= 0.6 is 0 Å². The summed E-state index contributed by atoms with van der Waals surface area (Å²) in [4.78, 5) is 0. The first-order chi connectivity index (χ1) is 13.4. The first-order valence-electron chi connectivity index (χ1n) is 11.3. The number of hydrogen-bond donors (Lipinski definition) is 0. The van der Waals surface area contributed by atoms with Gasteiger partial charge in [0.15, 0.2) is 0 Å². The zero-order chi connectivity index (χ0) is 20.0. The lowest BCUT2D eigenvalue weighted by atomic mass is 9.69. The van der Waals surface area contributed by atoms with Crippen molar-refractivity contribution in [1.82, 2.24) is 0 Å². The number of alkyl halides is 3. The summed E-state index contributed by atoms with van der Waals surface area (Å²) >= 11 is 0. The van der Waals surface area contributed by atoms with E-state index in [4.69, 9.17) is 0 Å². The highest BCUT2D eigenvalue weighted by atomic mass is 19.4. The van der Waals surface area contributed by atoms with Crippen LogP contribution in [0, 0.1) is 17.8 Å². The normalized spacial score (nSPS) is 25.4. The lowest BCUT2D eigenvalue weighted by Crippen LogP contribution is -2.26. The minimum Gasteiger partial charge on any atom is -0.406 e. The van der Waals surface area contributed by atoms with Gasteiger partial charge in [0.2, 0.25) is 0 Å². The summed E-state index contributed by atoms with van der Waals surface area (Å²) in [6.07, 6.45) is 12.1. The number of aryl methyl sites for hydroxylation is 1. The molecule has 1 unspecified atom stereocenters. The van der Waals surface area contributed by atoms with Crippen molar-refractivity contribution in [3.63, 3.8) is 0 Å². The molecule has 1 nitrogen and oxygen atoms in total. The second kappa shape index (κ2) is 10.0. The van der Waals surface area contributed by atoms with Crippen LogP contribution in [-0.2, 0) is 12.8 Å². The standard InChI is InChI=1S/C24H35F3O/c1-2-3-4-5-6-7-18-8-10-19(11-9-18)20-12-13-22-17-23(28-24(25,26)27)15-14-21(22)16-20/h14-15,17-20H,2-13,16H2,1H3. The molecule has 0 spiro atoms. The van der Waals surface area contributed by atoms with Crippen LogP contribution < -0.4 is 4.74 Å². The molecule has 0 bridgehead atoms. The monoisotopic (exact) mass is 396 g/mol. The van der Waals surface area contributed by atoms with Crippen molar-refractivity contribution in [3.05, 3.63) is 29.3 Å². The van der Waals surface area contributed by atoms with Gasteiger partial charge < -0.3 is 4.74 Å².